The van der Waals surface area contributed by atoms with Gasteiger partial charge in [0.15, 0.2) is 17.3 Å². The number of ketones is 4. The van der Waals surface area contributed by atoms with E-state index >= 15 is 0 Å². The summed E-state index contributed by atoms with van der Waals surface area (Å²) in [6, 6.07) is -1.58. The number of Topliss-reactive ketones (excluding diaryl/α,β-unsaturated/α-hetero) is 4. The third-order valence-corrected chi connectivity index (χ3v) is 10.5. The molecule has 1 saturated heterocycles. The van der Waals surface area contributed by atoms with Crippen molar-refractivity contribution < 1.29 is 28.8 Å². The summed E-state index contributed by atoms with van der Waals surface area (Å²) in [5.74, 6) is -3.26. The minimum absolute atomic E-state index is 0.000410. The van der Waals surface area contributed by atoms with E-state index in [1.54, 1.807) is 4.90 Å². The van der Waals surface area contributed by atoms with Crippen LogP contribution in [0.5, 0.6) is 0 Å². The summed E-state index contributed by atoms with van der Waals surface area (Å²) in [6.07, 6.45) is 8.83. The molecular weight excluding hydrogens is 608 g/mol. The van der Waals surface area contributed by atoms with Crippen molar-refractivity contribution in [3.8, 4) is 0 Å². The molecule has 2 aliphatic rings. The van der Waals surface area contributed by atoms with Crippen LogP contribution in [-0.2, 0) is 24.0 Å². The molecule has 10 nitrogen and oxygen atoms in total. The molecule has 1 aromatic heterocycles. The van der Waals surface area contributed by atoms with E-state index in [1.165, 1.54) is 18.6 Å². The van der Waals surface area contributed by atoms with Crippen molar-refractivity contribution in [3.05, 3.63) is 24.3 Å². The Morgan fingerprint density at radius 3 is 2.19 bits per heavy atom. The first kappa shape index (κ1) is 39.1. The van der Waals surface area contributed by atoms with Gasteiger partial charge in [-0.1, -0.05) is 81.6 Å². The molecule has 10 heteroatoms. The van der Waals surface area contributed by atoms with Crippen LogP contribution in [0.2, 0.25) is 0 Å². The number of likely N-dealkylation sites (tertiary alicyclic amines) is 1. The van der Waals surface area contributed by atoms with Gasteiger partial charge in [-0.3, -0.25) is 33.8 Å². The zero-order chi connectivity index (χ0) is 36.0. The van der Waals surface area contributed by atoms with Gasteiger partial charge in [0, 0.05) is 50.0 Å². The first-order valence-electron chi connectivity index (χ1n) is 17.9. The van der Waals surface area contributed by atoms with Gasteiger partial charge < -0.3 is 10.2 Å². The number of aromatic nitrogens is 2. The van der Waals surface area contributed by atoms with Gasteiger partial charge in [0.1, 0.15) is 5.69 Å². The second-order valence-electron chi connectivity index (χ2n) is 16.4. The molecule has 0 bridgehead atoms. The molecular formula is C38H58N4O6. The van der Waals surface area contributed by atoms with Crippen LogP contribution in [0.1, 0.15) is 131 Å². The predicted molar refractivity (Wildman–Crippen MR) is 184 cm³/mol. The molecule has 1 aliphatic carbocycles. The van der Waals surface area contributed by atoms with Crippen molar-refractivity contribution in [2.45, 2.75) is 132 Å². The highest BCUT2D eigenvalue weighted by Gasteiger charge is 2.52. The van der Waals surface area contributed by atoms with Crippen LogP contribution >= 0.6 is 0 Å². The fourth-order valence-corrected chi connectivity index (χ4v) is 7.46. The number of carbonyl (C=O) groups is 6. The van der Waals surface area contributed by atoms with E-state index in [0.717, 1.165) is 25.7 Å². The van der Waals surface area contributed by atoms with Gasteiger partial charge >= 0.3 is 0 Å². The summed E-state index contributed by atoms with van der Waals surface area (Å²) in [4.78, 5) is 91.7. The SMILES string of the molecule is CCC[C@H](CC(=O)[C@@H]1[C@H]2CCC[C@H]2CN1C(=O)[C@@H](CC(=O)[C@@H](NC(=O)c1cnccn1)C(C)(C)C)C(C)(C)C)C(=O)C(=O)C[C@@H](C)CC. The third-order valence-electron chi connectivity index (χ3n) is 10.5. The predicted octanol–water partition coefficient (Wildman–Crippen LogP) is 5.82. The molecule has 1 N–H and O–H groups in total. The van der Waals surface area contributed by atoms with E-state index in [9.17, 15) is 28.8 Å². The zero-order valence-corrected chi connectivity index (χ0v) is 30.6. The van der Waals surface area contributed by atoms with Gasteiger partial charge in [0.2, 0.25) is 11.7 Å². The number of nitrogens with one attached hydrogen (secondary N) is 1. The van der Waals surface area contributed by atoms with Crippen LogP contribution in [0.3, 0.4) is 0 Å². The molecule has 0 aromatic carbocycles. The third kappa shape index (κ3) is 9.65. The number of fused-ring (bicyclic) bond motifs is 1. The minimum atomic E-state index is -0.895. The molecule has 2 heterocycles. The fraction of sp³-hybridized carbons (Fsp3) is 0.737. The maximum Gasteiger partial charge on any atom is 0.272 e. The Hall–Kier alpha value is -3.30. The highest BCUT2D eigenvalue weighted by molar-refractivity contribution is 6.38. The Kier molecular flexibility index (Phi) is 13.4. The lowest BCUT2D eigenvalue weighted by Crippen LogP contribution is -2.53. The lowest BCUT2D eigenvalue weighted by atomic mass is 9.73. The van der Waals surface area contributed by atoms with E-state index in [1.807, 2.05) is 62.3 Å². The Labute approximate surface area is 287 Å². The fourth-order valence-electron chi connectivity index (χ4n) is 7.46. The lowest BCUT2D eigenvalue weighted by Gasteiger charge is -2.38. The van der Waals surface area contributed by atoms with Crippen molar-refractivity contribution in [1.29, 1.82) is 0 Å². The maximum atomic E-state index is 14.6. The quantitative estimate of drug-likeness (QED) is 0.218. The first-order valence-corrected chi connectivity index (χ1v) is 17.9. The molecule has 1 saturated carbocycles. The smallest absolute Gasteiger partial charge is 0.272 e. The van der Waals surface area contributed by atoms with Gasteiger partial charge in [-0.15, -0.1) is 0 Å². The van der Waals surface area contributed by atoms with E-state index in [4.69, 9.17) is 0 Å². The standard InChI is InChI=1S/C38H58N4O6/c1-10-13-24(33(46)30(44)18-23(3)11-2)19-29(43)32-26-15-12-14-25(26)22-42(32)36(48)27(37(4,5)6)20-31(45)34(38(7,8)9)41-35(47)28-21-39-16-17-40-28/h16-17,21,23-27,32,34H,10-15,18-20,22H2,1-9H3,(H,41,47)/t23-,24+,25-,26-,27+,32-,34+/m0/s1. The highest BCUT2D eigenvalue weighted by atomic mass is 16.2. The molecule has 1 aromatic rings. The normalized spacial score (nSPS) is 21.9. The minimum Gasteiger partial charge on any atom is -0.340 e. The summed E-state index contributed by atoms with van der Waals surface area (Å²) in [6.45, 7) is 17.6. The Balaban J connectivity index is 1.87. The molecule has 1 aliphatic heterocycles. The number of rotatable bonds is 16. The average Bonchev–Trinajstić information content (AvgIpc) is 3.62. The van der Waals surface area contributed by atoms with Crippen LogP contribution in [-0.4, -0.2) is 68.4 Å². The Bertz CT molecular complexity index is 1330. The van der Waals surface area contributed by atoms with E-state index in [-0.39, 0.29) is 60.2 Å². The van der Waals surface area contributed by atoms with Gasteiger partial charge in [-0.25, -0.2) is 4.98 Å². The van der Waals surface area contributed by atoms with E-state index in [2.05, 4.69) is 15.3 Å². The van der Waals surface area contributed by atoms with Crippen molar-refractivity contribution in [2.75, 3.05) is 6.54 Å². The second-order valence-corrected chi connectivity index (χ2v) is 16.4. The molecule has 0 unspecified atom stereocenters. The molecule has 0 radical (unpaired) electrons. The summed E-state index contributed by atoms with van der Waals surface area (Å²) in [5.41, 5.74) is -1.19. The van der Waals surface area contributed by atoms with E-state index < -0.39 is 52.2 Å². The highest BCUT2D eigenvalue weighted by Crippen LogP contribution is 2.45. The maximum absolute atomic E-state index is 14.6. The molecule has 2 fully saturated rings. The summed E-state index contributed by atoms with van der Waals surface area (Å²) in [7, 11) is 0. The number of nitrogens with zero attached hydrogens (tertiary/aromatic N) is 3. The Morgan fingerprint density at radius 2 is 1.62 bits per heavy atom. The van der Waals surface area contributed by atoms with Crippen molar-refractivity contribution in [3.63, 3.8) is 0 Å². The van der Waals surface area contributed by atoms with Crippen LogP contribution < -0.4 is 5.32 Å². The summed E-state index contributed by atoms with van der Waals surface area (Å²) < 4.78 is 0. The molecule has 266 valence electrons. The van der Waals surface area contributed by atoms with Crippen LogP contribution in [0.25, 0.3) is 0 Å². The molecule has 3 rings (SSSR count). The lowest BCUT2D eigenvalue weighted by molar-refractivity contribution is -0.147. The van der Waals surface area contributed by atoms with Crippen LogP contribution in [0.4, 0.5) is 0 Å². The second kappa shape index (κ2) is 16.4. The monoisotopic (exact) mass is 666 g/mol. The van der Waals surface area contributed by atoms with Gasteiger partial charge in [0.05, 0.1) is 18.3 Å². The van der Waals surface area contributed by atoms with Crippen molar-refractivity contribution in [2.24, 2.45) is 40.4 Å². The summed E-state index contributed by atoms with van der Waals surface area (Å²) >= 11 is 0. The van der Waals surface area contributed by atoms with Crippen molar-refractivity contribution >= 4 is 34.9 Å². The number of hydrogen-bond donors (Lipinski definition) is 1. The number of amides is 2. The van der Waals surface area contributed by atoms with Crippen molar-refractivity contribution in [1.82, 2.24) is 20.2 Å². The number of carbonyl (C=O) groups excluding carboxylic acids is 6. The largest absolute Gasteiger partial charge is 0.340 e. The first-order chi connectivity index (χ1) is 22.4. The van der Waals surface area contributed by atoms with Gasteiger partial charge in [-0.05, 0) is 47.8 Å². The molecule has 0 spiro atoms. The zero-order valence-electron chi connectivity index (χ0n) is 30.6. The van der Waals surface area contributed by atoms with Crippen LogP contribution in [0.15, 0.2) is 18.6 Å². The number of hydrogen-bond acceptors (Lipinski definition) is 8. The Morgan fingerprint density at radius 1 is 0.938 bits per heavy atom. The topological polar surface area (TPSA) is 143 Å². The molecule has 2 amide bonds. The summed E-state index contributed by atoms with van der Waals surface area (Å²) in [5, 5.41) is 2.84. The molecule has 48 heavy (non-hydrogen) atoms. The average molecular weight is 667 g/mol. The molecule has 7 atom stereocenters. The van der Waals surface area contributed by atoms with Gasteiger partial charge in [-0.2, -0.15) is 0 Å². The van der Waals surface area contributed by atoms with Gasteiger partial charge in [0.25, 0.3) is 5.91 Å². The van der Waals surface area contributed by atoms with Crippen LogP contribution in [0, 0.1) is 40.4 Å². The van der Waals surface area contributed by atoms with E-state index in [0.29, 0.717) is 19.4 Å².